The van der Waals surface area contributed by atoms with E-state index in [1.165, 1.54) is 0 Å². The van der Waals surface area contributed by atoms with Gasteiger partial charge < -0.3 is 0 Å². The van der Waals surface area contributed by atoms with Crippen molar-refractivity contribution in [3.8, 4) is 0 Å². The third-order valence-corrected chi connectivity index (χ3v) is 1.57. The summed E-state index contributed by atoms with van der Waals surface area (Å²) in [6.45, 7) is 8.28. The molecule has 0 atom stereocenters. The minimum atomic E-state index is 0.885. The fourth-order valence-corrected chi connectivity index (χ4v) is 0.935. The summed E-state index contributed by atoms with van der Waals surface area (Å²) in [6, 6.07) is 0. The summed E-state index contributed by atoms with van der Waals surface area (Å²) in [5.74, 6) is 0. The highest BCUT2D eigenvalue weighted by molar-refractivity contribution is 4.50. The lowest BCUT2D eigenvalue weighted by molar-refractivity contribution is -0.353. The van der Waals surface area contributed by atoms with E-state index in [-0.39, 0.29) is 0 Å². The van der Waals surface area contributed by atoms with Gasteiger partial charge in [0.2, 0.25) is 0 Å². The Kier molecular flexibility index (Phi) is 2.45. The molecule has 0 saturated carbocycles. The van der Waals surface area contributed by atoms with Crippen LogP contribution in [0.3, 0.4) is 0 Å². The monoisotopic (exact) mass is 130 g/mol. The molecule has 3 heteroatoms. The Balaban J connectivity index is 2.19. The summed E-state index contributed by atoms with van der Waals surface area (Å²) in [6.07, 6.45) is 0. The van der Waals surface area contributed by atoms with E-state index in [0.29, 0.717) is 0 Å². The first-order valence-electron chi connectivity index (χ1n) is 3.53. The Morgan fingerprint density at radius 2 is 2.00 bits per heavy atom. The molecule has 0 radical (unpaired) electrons. The van der Waals surface area contributed by atoms with E-state index in [2.05, 4.69) is 18.9 Å². The van der Waals surface area contributed by atoms with Crippen LogP contribution in [-0.4, -0.2) is 36.4 Å². The molecule has 0 N–H and O–H groups in total. The first-order chi connectivity index (χ1) is 4.38. The summed E-state index contributed by atoms with van der Waals surface area (Å²) >= 11 is 0. The normalized spacial score (nSPS) is 20.3. The van der Waals surface area contributed by atoms with Gasteiger partial charge in [-0.25, -0.2) is 5.01 Å². The van der Waals surface area contributed by atoms with Gasteiger partial charge in [0, 0.05) is 13.1 Å². The highest BCUT2D eigenvalue weighted by atomic mass is 16.7. The fourth-order valence-electron chi connectivity index (χ4n) is 0.935. The quantitative estimate of drug-likeness (QED) is 0.553. The third-order valence-electron chi connectivity index (χ3n) is 1.57. The van der Waals surface area contributed by atoms with E-state index >= 15 is 0 Å². The van der Waals surface area contributed by atoms with Crippen molar-refractivity contribution >= 4 is 0 Å². The van der Waals surface area contributed by atoms with Crippen LogP contribution in [0.1, 0.15) is 13.8 Å². The van der Waals surface area contributed by atoms with Crippen molar-refractivity contribution in [3.05, 3.63) is 0 Å². The molecule has 1 rings (SSSR count). The van der Waals surface area contributed by atoms with Gasteiger partial charge in [0.05, 0.1) is 13.2 Å². The zero-order valence-electron chi connectivity index (χ0n) is 6.13. The SMILES string of the molecule is CCN(CC)N1CCO1. The second-order valence-electron chi connectivity index (χ2n) is 2.05. The summed E-state index contributed by atoms with van der Waals surface area (Å²) in [4.78, 5) is 5.13. The maximum absolute atomic E-state index is 5.13. The molecule has 1 heterocycles. The van der Waals surface area contributed by atoms with E-state index in [9.17, 15) is 0 Å². The minimum absolute atomic E-state index is 0.885. The molecule has 1 aliphatic heterocycles. The molecule has 0 aromatic rings. The van der Waals surface area contributed by atoms with Crippen molar-refractivity contribution < 1.29 is 4.84 Å². The zero-order chi connectivity index (χ0) is 6.69. The molecule has 0 aliphatic carbocycles. The number of hydrogen-bond donors (Lipinski definition) is 0. The molecule has 0 amide bonds. The van der Waals surface area contributed by atoms with Gasteiger partial charge in [0.15, 0.2) is 0 Å². The molecule has 9 heavy (non-hydrogen) atoms. The number of hydroxylamine groups is 1. The van der Waals surface area contributed by atoms with Crippen LogP contribution in [0.2, 0.25) is 0 Å². The van der Waals surface area contributed by atoms with Crippen molar-refractivity contribution in [2.45, 2.75) is 13.8 Å². The van der Waals surface area contributed by atoms with E-state index in [1.807, 2.05) is 5.17 Å². The second-order valence-corrected chi connectivity index (χ2v) is 2.05. The average molecular weight is 130 g/mol. The van der Waals surface area contributed by atoms with E-state index in [4.69, 9.17) is 4.84 Å². The summed E-state index contributed by atoms with van der Waals surface area (Å²) in [7, 11) is 0. The summed E-state index contributed by atoms with van der Waals surface area (Å²) in [5.41, 5.74) is 0. The first kappa shape index (κ1) is 6.99. The Morgan fingerprint density at radius 1 is 1.44 bits per heavy atom. The van der Waals surface area contributed by atoms with Crippen LogP contribution in [0.4, 0.5) is 0 Å². The Labute approximate surface area is 56.1 Å². The standard InChI is InChI=1S/C6H14N2O/c1-3-7(4-2)8-5-6-9-8/h3-6H2,1-2H3. The van der Waals surface area contributed by atoms with Crippen molar-refractivity contribution in [1.82, 2.24) is 10.2 Å². The van der Waals surface area contributed by atoms with Gasteiger partial charge in [-0.05, 0) is 0 Å². The first-order valence-corrected chi connectivity index (χ1v) is 3.53. The molecule has 1 fully saturated rings. The molecule has 1 aliphatic rings. The number of hydrazine groups is 1. The molecular formula is C6H14N2O. The maximum Gasteiger partial charge on any atom is 0.0867 e. The lowest BCUT2D eigenvalue weighted by Crippen LogP contribution is -2.51. The van der Waals surface area contributed by atoms with Crippen LogP contribution < -0.4 is 0 Å². The largest absolute Gasteiger partial charge is 0.282 e. The molecule has 0 spiro atoms. The van der Waals surface area contributed by atoms with Crippen LogP contribution in [0.15, 0.2) is 0 Å². The van der Waals surface area contributed by atoms with Crippen molar-refractivity contribution in [2.75, 3.05) is 26.2 Å². The van der Waals surface area contributed by atoms with Crippen LogP contribution in [0.25, 0.3) is 0 Å². The van der Waals surface area contributed by atoms with Gasteiger partial charge in [-0.1, -0.05) is 13.8 Å². The van der Waals surface area contributed by atoms with Gasteiger partial charge in [-0.15, -0.1) is 5.17 Å². The molecule has 54 valence electrons. The lowest BCUT2D eigenvalue weighted by atomic mass is 10.6. The van der Waals surface area contributed by atoms with E-state index in [0.717, 1.165) is 26.2 Å². The molecule has 3 nitrogen and oxygen atoms in total. The number of hydrogen-bond acceptors (Lipinski definition) is 3. The highest BCUT2D eigenvalue weighted by Gasteiger charge is 2.19. The second kappa shape index (κ2) is 3.15. The topological polar surface area (TPSA) is 15.7 Å². The predicted molar refractivity (Wildman–Crippen MR) is 35.6 cm³/mol. The van der Waals surface area contributed by atoms with Gasteiger partial charge in [0.25, 0.3) is 0 Å². The van der Waals surface area contributed by atoms with Crippen LogP contribution >= 0.6 is 0 Å². The van der Waals surface area contributed by atoms with Crippen LogP contribution in [0.5, 0.6) is 0 Å². The minimum Gasteiger partial charge on any atom is -0.282 e. The fraction of sp³-hybridized carbons (Fsp3) is 1.00. The number of nitrogens with zero attached hydrogens (tertiary/aromatic N) is 2. The van der Waals surface area contributed by atoms with Gasteiger partial charge >= 0.3 is 0 Å². The third kappa shape index (κ3) is 1.41. The van der Waals surface area contributed by atoms with Crippen molar-refractivity contribution in [1.29, 1.82) is 0 Å². The van der Waals surface area contributed by atoms with Crippen molar-refractivity contribution in [2.24, 2.45) is 0 Å². The summed E-state index contributed by atoms with van der Waals surface area (Å²) < 4.78 is 0. The molecule has 0 unspecified atom stereocenters. The molecular weight excluding hydrogens is 116 g/mol. The highest BCUT2D eigenvalue weighted by Crippen LogP contribution is 2.05. The Bertz CT molecular complexity index is 79.1. The maximum atomic E-state index is 5.13. The number of rotatable bonds is 3. The smallest absolute Gasteiger partial charge is 0.0867 e. The van der Waals surface area contributed by atoms with Gasteiger partial charge in [0.1, 0.15) is 0 Å². The zero-order valence-corrected chi connectivity index (χ0v) is 6.13. The van der Waals surface area contributed by atoms with E-state index < -0.39 is 0 Å². The van der Waals surface area contributed by atoms with Crippen molar-refractivity contribution in [3.63, 3.8) is 0 Å². The Hall–Kier alpha value is -0.120. The van der Waals surface area contributed by atoms with E-state index in [1.54, 1.807) is 0 Å². The predicted octanol–water partition coefficient (Wildman–Crippen LogP) is 0.490. The molecule has 1 saturated heterocycles. The van der Waals surface area contributed by atoms with Gasteiger partial charge in [-0.2, -0.15) is 0 Å². The molecule has 0 aromatic heterocycles. The average Bonchev–Trinajstić information content (AvgIpc) is 1.78. The summed E-state index contributed by atoms with van der Waals surface area (Å²) in [5, 5.41) is 4.09. The molecule has 0 aromatic carbocycles. The van der Waals surface area contributed by atoms with Crippen LogP contribution in [0, 0.1) is 0 Å². The Morgan fingerprint density at radius 3 is 2.11 bits per heavy atom. The lowest BCUT2D eigenvalue weighted by Gasteiger charge is -2.38. The van der Waals surface area contributed by atoms with Gasteiger partial charge in [-0.3, -0.25) is 4.84 Å². The molecule has 0 bridgehead atoms. The van der Waals surface area contributed by atoms with Crippen LogP contribution in [-0.2, 0) is 4.84 Å².